The number of fused-ring (bicyclic) bond motifs is 3. The second kappa shape index (κ2) is 8.33. The average Bonchev–Trinajstić information content (AvgIpc) is 3.07. The lowest BCUT2D eigenvalue weighted by Crippen LogP contribution is -2.49. The number of hydrogen-bond donors (Lipinski definition) is 1. The molecule has 5 nitrogen and oxygen atoms in total. The fraction of sp³-hybridized carbons (Fsp3) is 0.381. The number of rotatable bonds is 6. The number of benzene rings is 2. The monoisotopic (exact) mass is 384 g/mol. The van der Waals surface area contributed by atoms with Crippen LogP contribution in [0, 0.1) is 0 Å². The first kappa shape index (κ1) is 18.3. The standard InChI is InChI=1S/C21H24N2O3S/c24-12-11-22-7-9-23(10-8-22)21(25)15-27-14-16-5-6-20-18(13-16)17-3-1-2-4-19(17)26-20/h1-6,13,24H,7-12,14-15H2. The molecule has 2 heterocycles. The van der Waals surface area contributed by atoms with E-state index in [2.05, 4.69) is 23.1 Å². The van der Waals surface area contributed by atoms with Gasteiger partial charge in [-0.15, -0.1) is 11.8 Å². The summed E-state index contributed by atoms with van der Waals surface area (Å²) in [5, 5.41) is 11.3. The van der Waals surface area contributed by atoms with Crippen LogP contribution in [0.25, 0.3) is 21.9 Å². The number of thioether (sulfide) groups is 1. The summed E-state index contributed by atoms with van der Waals surface area (Å²) in [6.07, 6.45) is 0. The van der Waals surface area contributed by atoms with Crippen molar-refractivity contribution in [3.05, 3.63) is 48.0 Å². The van der Waals surface area contributed by atoms with Gasteiger partial charge in [-0.05, 0) is 23.8 Å². The smallest absolute Gasteiger partial charge is 0.232 e. The third-order valence-corrected chi connectivity index (χ3v) is 6.07. The normalized spacial score (nSPS) is 15.7. The van der Waals surface area contributed by atoms with Crippen LogP contribution in [0.3, 0.4) is 0 Å². The number of carbonyl (C=O) groups is 1. The van der Waals surface area contributed by atoms with E-state index >= 15 is 0 Å². The molecule has 142 valence electrons. The summed E-state index contributed by atoms with van der Waals surface area (Å²) in [6.45, 7) is 4.09. The second-order valence-corrected chi connectivity index (χ2v) is 7.85. The zero-order valence-electron chi connectivity index (χ0n) is 15.3. The number of aliphatic hydroxyl groups excluding tert-OH is 1. The second-order valence-electron chi connectivity index (χ2n) is 6.87. The topological polar surface area (TPSA) is 56.9 Å². The van der Waals surface area contributed by atoms with Crippen LogP contribution >= 0.6 is 11.8 Å². The van der Waals surface area contributed by atoms with E-state index in [1.54, 1.807) is 11.8 Å². The molecule has 1 aromatic heterocycles. The lowest BCUT2D eigenvalue weighted by atomic mass is 10.1. The maximum atomic E-state index is 12.4. The van der Waals surface area contributed by atoms with E-state index in [0.29, 0.717) is 12.3 Å². The van der Waals surface area contributed by atoms with Crippen LogP contribution in [0.5, 0.6) is 0 Å². The first-order valence-corrected chi connectivity index (χ1v) is 10.5. The molecule has 1 aliphatic rings. The molecule has 3 aromatic rings. The molecule has 0 bridgehead atoms. The molecule has 0 aliphatic carbocycles. The molecule has 6 heteroatoms. The van der Waals surface area contributed by atoms with E-state index in [0.717, 1.165) is 53.9 Å². The number of β-amino-alcohol motifs (C(OH)–C–C–N with tert-alkyl or cyclic N) is 1. The Balaban J connectivity index is 1.32. The molecular weight excluding hydrogens is 360 g/mol. The van der Waals surface area contributed by atoms with Gasteiger partial charge in [0.15, 0.2) is 0 Å². The molecule has 0 spiro atoms. The van der Waals surface area contributed by atoms with Gasteiger partial charge in [0.25, 0.3) is 0 Å². The van der Waals surface area contributed by atoms with Crippen molar-refractivity contribution in [1.29, 1.82) is 0 Å². The Morgan fingerprint density at radius 1 is 1.04 bits per heavy atom. The van der Waals surface area contributed by atoms with E-state index in [9.17, 15) is 4.79 Å². The van der Waals surface area contributed by atoms with Crippen molar-refractivity contribution in [1.82, 2.24) is 9.80 Å². The summed E-state index contributed by atoms with van der Waals surface area (Å²) >= 11 is 1.66. The summed E-state index contributed by atoms with van der Waals surface area (Å²) in [7, 11) is 0. The summed E-state index contributed by atoms with van der Waals surface area (Å²) in [6, 6.07) is 14.4. The highest BCUT2D eigenvalue weighted by Crippen LogP contribution is 2.30. The average molecular weight is 385 g/mol. The van der Waals surface area contributed by atoms with Gasteiger partial charge < -0.3 is 14.4 Å². The van der Waals surface area contributed by atoms with E-state index in [4.69, 9.17) is 9.52 Å². The molecule has 4 rings (SSSR count). The number of para-hydroxylation sites is 1. The van der Waals surface area contributed by atoms with Crippen molar-refractivity contribution in [3.8, 4) is 0 Å². The number of carbonyl (C=O) groups excluding carboxylic acids is 1. The van der Waals surface area contributed by atoms with Gasteiger partial charge >= 0.3 is 0 Å². The Hall–Kier alpha value is -2.02. The number of nitrogens with zero attached hydrogens (tertiary/aromatic N) is 2. The Morgan fingerprint density at radius 3 is 2.63 bits per heavy atom. The van der Waals surface area contributed by atoms with Gasteiger partial charge in [-0.2, -0.15) is 0 Å². The van der Waals surface area contributed by atoms with Gasteiger partial charge in [0.05, 0.1) is 12.4 Å². The quantitative estimate of drug-likeness (QED) is 0.708. The Morgan fingerprint density at radius 2 is 1.81 bits per heavy atom. The number of piperazine rings is 1. The first-order chi connectivity index (χ1) is 13.2. The Labute approximate surface area is 162 Å². The predicted molar refractivity (Wildman–Crippen MR) is 110 cm³/mol. The molecule has 0 atom stereocenters. The molecule has 1 amide bonds. The molecule has 0 saturated carbocycles. The lowest BCUT2D eigenvalue weighted by Gasteiger charge is -2.34. The number of aliphatic hydroxyl groups is 1. The van der Waals surface area contributed by atoms with Crippen LogP contribution in [0.1, 0.15) is 5.56 Å². The SMILES string of the molecule is O=C(CSCc1ccc2oc3ccccc3c2c1)N1CCN(CCO)CC1. The van der Waals surface area contributed by atoms with E-state index in [1.807, 2.05) is 29.2 Å². The van der Waals surface area contributed by atoms with Crippen molar-refractivity contribution >= 4 is 39.6 Å². The van der Waals surface area contributed by atoms with Crippen molar-refractivity contribution in [2.45, 2.75) is 5.75 Å². The minimum absolute atomic E-state index is 0.181. The number of amides is 1. The molecule has 1 fully saturated rings. The van der Waals surface area contributed by atoms with Crippen molar-refractivity contribution in [2.75, 3.05) is 45.1 Å². The summed E-state index contributed by atoms with van der Waals surface area (Å²) in [4.78, 5) is 16.6. The van der Waals surface area contributed by atoms with E-state index in [1.165, 1.54) is 5.56 Å². The van der Waals surface area contributed by atoms with Gasteiger partial charge in [0.1, 0.15) is 11.2 Å². The molecule has 0 unspecified atom stereocenters. The van der Waals surface area contributed by atoms with Crippen LogP contribution in [-0.2, 0) is 10.5 Å². The van der Waals surface area contributed by atoms with Crippen LogP contribution in [0.15, 0.2) is 46.9 Å². The zero-order chi connectivity index (χ0) is 18.6. The summed E-state index contributed by atoms with van der Waals surface area (Å²) in [5.41, 5.74) is 3.02. The third-order valence-electron chi connectivity index (χ3n) is 5.08. The van der Waals surface area contributed by atoms with Gasteiger partial charge in [0.2, 0.25) is 5.91 Å². The van der Waals surface area contributed by atoms with Crippen molar-refractivity contribution in [2.24, 2.45) is 0 Å². The molecule has 2 aromatic carbocycles. The number of hydrogen-bond acceptors (Lipinski definition) is 5. The van der Waals surface area contributed by atoms with Crippen LogP contribution in [-0.4, -0.2) is 65.9 Å². The number of furan rings is 1. The minimum atomic E-state index is 0.181. The van der Waals surface area contributed by atoms with E-state index in [-0.39, 0.29) is 12.5 Å². The lowest BCUT2D eigenvalue weighted by molar-refractivity contribution is -0.130. The maximum absolute atomic E-state index is 12.4. The van der Waals surface area contributed by atoms with Gasteiger partial charge in [-0.25, -0.2) is 0 Å². The van der Waals surface area contributed by atoms with Crippen LogP contribution < -0.4 is 0 Å². The fourth-order valence-electron chi connectivity index (χ4n) is 3.57. The highest BCUT2D eigenvalue weighted by Gasteiger charge is 2.20. The summed E-state index contributed by atoms with van der Waals surface area (Å²) < 4.78 is 5.87. The van der Waals surface area contributed by atoms with Crippen LogP contribution in [0.4, 0.5) is 0 Å². The van der Waals surface area contributed by atoms with Crippen molar-refractivity contribution in [3.63, 3.8) is 0 Å². The van der Waals surface area contributed by atoms with Gasteiger partial charge in [0, 0.05) is 49.2 Å². The highest BCUT2D eigenvalue weighted by molar-refractivity contribution is 7.99. The van der Waals surface area contributed by atoms with E-state index < -0.39 is 0 Å². The Bertz CT molecular complexity index is 931. The maximum Gasteiger partial charge on any atom is 0.232 e. The molecule has 1 N–H and O–H groups in total. The fourth-order valence-corrected chi connectivity index (χ4v) is 4.45. The zero-order valence-corrected chi connectivity index (χ0v) is 16.1. The first-order valence-electron chi connectivity index (χ1n) is 9.33. The molecule has 27 heavy (non-hydrogen) atoms. The molecule has 1 saturated heterocycles. The molecule has 0 radical (unpaired) electrons. The van der Waals surface area contributed by atoms with Crippen molar-refractivity contribution < 1.29 is 14.3 Å². The van der Waals surface area contributed by atoms with Gasteiger partial charge in [-0.3, -0.25) is 9.69 Å². The largest absolute Gasteiger partial charge is 0.456 e. The highest BCUT2D eigenvalue weighted by atomic mass is 32.2. The van der Waals surface area contributed by atoms with Gasteiger partial charge in [-0.1, -0.05) is 24.3 Å². The molecular formula is C21H24N2O3S. The summed E-state index contributed by atoms with van der Waals surface area (Å²) in [5.74, 6) is 1.52. The Kier molecular flexibility index (Phi) is 5.66. The minimum Gasteiger partial charge on any atom is -0.456 e. The predicted octanol–water partition coefficient (Wildman–Crippen LogP) is 2.96. The van der Waals surface area contributed by atoms with Crippen LogP contribution in [0.2, 0.25) is 0 Å². The third kappa shape index (κ3) is 4.13. The molecule has 1 aliphatic heterocycles.